The second kappa shape index (κ2) is 6.42. The second-order valence-corrected chi connectivity index (χ2v) is 6.25. The molecule has 106 valence electrons. The summed E-state index contributed by atoms with van der Waals surface area (Å²) < 4.78 is 5.58. The Labute approximate surface area is 128 Å². The fourth-order valence-corrected chi connectivity index (χ4v) is 2.91. The van der Waals surface area contributed by atoms with Crippen LogP contribution in [0.3, 0.4) is 0 Å². The van der Waals surface area contributed by atoms with E-state index < -0.39 is 0 Å². The summed E-state index contributed by atoms with van der Waals surface area (Å²) in [6.45, 7) is 5.99. The number of thiophene rings is 1. The Balaban J connectivity index is 2.03. The van der Waals surface area contributed by atoms with Crippen LogP contribution in [0.1, 0.15) is 32.6 Å². The number of aryl methyl sites for hydroxylation is 3. The van der Waals surface area contributed by atoms with Gasteiger partial charge in [-0.3, -0.25) is 4.79 Å². The second-order valence-electron chi connectivity index (χ2n) is 4.70. The van der Waals surface area contributed by atoms with Gasteiger partial charge in [-0.1, -0.05) is 18.5 Å². The molecular weight excluding hydrogens is 292 g/mol. The highest BCUT2D eigenvalue weighted by molar-refractivity contribution is 7.14. The Kier molecular flexibility index (Phi) is 4.84. The molecule has 0 bridgehead atoms. The molecule has 0 saturated heterocycles. The Bertz CT molecular complexity index is 608. The standard InChI is InChI=1S/C16H17ClO2S/c1-4-13-5-6-15(20-13)14(18)9-19-12-7-10(2)16(17)11(3)8-12/h5-8H,4,9H2,1-3H3. The van der Waals surface area contributed by atoms with Crippen LogP contribution >= 0.6 is 22.9 Å². The van der Waals surface area contributed by atoms with Gasteiger partial charge in [0.25, 0.3) is 0 Å². The maximum absolute atomic E-state index is 12.0. The van der Waals surface area contributed by atoms with Crippen molar-refractivity contribution in [2.45, 2.75) is 27.2 Å². The van der Waals surface area contributed by atoms with Crippen molar-refractivity contribution < 1.29 is 9.53 Å². The molecular formula is C16H17ClO2S. The van der Waals surface area contributed by atoms with Crippen molar-refractivity contribution in [3.05, 3.63) is 50.2 Å². The van der Waals surface area contributed by atoms with Crippen molar-refractivity contribution in [1.82, 2.24) is 0 Å². The van der Waals surface area contributed by atoms with Gasteiger partial charge in [0.2, 0.25) is 5.78 Å². The molecule has 0 N–H and O–H groups in total. The van der Waals surface area contributed by atoms with Crippen LogP contribution in [-0.4, -0.2) is 12.4 Å². The van der Waals surface area contributed by atoms with E-state index in [9.17, 15) is 4.79 Å². The molecule has 0 amide bonds. The summed E-state index contributed by atoms with van der Waals surface area (Å²) in [5.74, 6) is 0.699. The Hall–Kier alpha value is -1.32. The largest absolute Gasteiger partial charge is 0.485 e. The molecule has 0 radical (unpaired) electrons. The number of halogens is 1. The maximum atomic E-state index is 12.0. The molecule has 0 aliphatic rings. The van der Waals surface area contributed by atoms with E-state index in [0.717, 1.165) is 27.4 Å². The minimum atomic E-state index is 0.0138. The third-order valence-electron chi connectivity index (χ3n) is 3.06. The molecule has 4 heteroatoms. The van der Waals surface area contributed by atoms with Crippen LogP contribution in [0, 0.1) is 13.8 Å². The van der Waals surface area contributed by atoms with Gasteiger partial charge in [0.1, 0.15) is 5.75 Å². The van der Waals surface area contributed by atoms with Gasteiger partial charge in [0.05, 0.1) is 4.88 Å². The van der Waals surface area contributed by atoms with Crippen molar-refractivity contribution >= 4 is 28.7 Å². The van der Waals surface area contributed by atoms with Gasteiger partial charge >= 0.3 is 0 Å². The summed E-state index contributed by atoms with van der Waals surface area (Å²) >= 11 is 7.64. The third kappa shape index (κ3) is 3.41. The SMILES string of the molecule is CCc1ccc(C(=O)COc2cc(C)c(Cl)c(C)c2)s1. The number of benzene rings is 1. The maximum Gasteiger partial charge on any atom is 0.210 e. The van der Waals surface area contributed by atoms with E-state index in [2.05, 4.69) is 6.92 Å². The first-order chi connectivity index (χ1) is 9.51. The van der Waals surface area contributed by atoms with E-state index in [1.807, 2.05) is 38.1 Å². The molecule has 0 atom stereocenters. The summed E-state index contributed by atoms with van der Waals surface area (Å²) in [6, 6.07) is 7.57. The molecule has 0 fully saturated rings. The molecule has 2 nitrogen and oxygen atoms in total. The molecule has 1 aromatic heterocycles. The van der Waals surface area contributed by atoms with Crippen molar-refractivity contribution in [1.29, 1.82) is 0 Å². The van der Waals surface area contributed by atoms with Crippen molar-refractivity contribution in [2.75, 3.05) is 6.61 Å². The number of hydrogen-bond donors (Lipinski definition) is 0. The Morgan fingerprint density at radius 3 is 2.45 bits per heavy atom. The molecule has 0 aliphatic carbocycles. The number of Topliss-reactive ketones (excluding diaryl/α,β-unsaturated/α-hetero) is 1. The van der Waals surface area contributed by atoms with Crippen LogP contribution in [0.4, 0.5) is 0 Å². The summed E-state index contributed by atoms with van der Waals surface area (Å²) in [5.41, 5.74) is 1.91. The lowest BCUT2D eigenvalue weighted by Crippen LogP contribution is -2.10. The number of ether oxygens (including phenoxy) is 1. The molecule has 0 unspecified atom stereocenters. The predicted octanol–water partition coefficient (Wildman–Crippen LogP) is 4.84. The summed E-state index contributed by atoms with van der Waals surface area (Å²) in [4.78, 5) is 14.0. The van der Waals surface area contributed by atoms with Gasteiger partial charge in [0.15, 0.2) is 6.61 Å². The fourth-order valence-electron chi connectivity index (χ4n) is 1.93. The van der Waals surface area contributed by atoms with Crippen molar-refractivity contribution in [3.63, 3.8) is 0 Å². The van der Waals surface area contributed by atoms with E-state index in [4.69, 9.17) is 16.3 Å². The average Bonchev–Trinajstić information content (AvgIpc) is 2.91. The zero-order valence-electron chi connectivity index (χ0n) is 11.8. The molecule has 20 heavy (non-hydrogen) atoms. The van der Waals surface area contributed by atoms with E-state index in [-0.39, 0.29) is 12.4 Å². The zero-order chi connectivity index (χ0) is 14.7. The quantitative estimate of drug-likeness (QED) is 0.739. The highest BCUT2D eigenvalue weighted by atomic mass is 35.5. The van der Waals surface area contributed by atoms with Gasteiger partial charge in [-0.2, -0.15) is 0 Å². The lowest BCUT2D eigenvalue weighted by Gasteiger charge is -2.09. The highest BCUT2D eigenvalue weighted by Gasteiger charge is 2.11. The number of rotatable bonds is 5. The third-order valence-corrected chi connectivity index (χ3v) is 4.93. The first-order valence-electron chi connectivity index (χ1n) is 6.52. The number of carbonyl (C=O) groups excluding carboxylic acids is 1. The summed E-state index contributed by atoms with van der Waals surface area (Å²) in [5, 5.41) is 0.745. The van der Waals surface area contributed by atoms with E-state index in [1.165, 1.54) is 16.2 Å². The lowest BCUT2D eigenvalue weighted by molar-refractivity contribution is 0.0925. The first-order valence-corrected chi connectivity index (χ1v) is 7.72. The molecule has 1 heterocycles. The molecule has 0 spiro atoms. The lowest BCUT2D eigenvalue weighted by atomic mass is 10.1. The Morgan fingerprint density at radius 1 is 1.25 bits per heavy atom. The summed E-state index contributed by atoms with van der Waals surface area (Å²) in [7, 11) is 0. The normalized spacial score (nSPS) is 10.6. The summed E-state index contributed by atoms with van der Waals surface area (Å²) in [6.07, 6.45) is 0.953. The smallest absolute Gasteiger partial charge is 0.210 e. The fraction of sp³-hybridized carbons (Fsp3) is 0.312. The van der Waals surface area contributed by atoms with Gasteiger partial charge in [-0.05, 0) is 55.7 Å². The number of ketones is 1. The van der Waals surface area contributed by atoms with Gasteiger partial charge in [-0.25, -0.2) is 0 Å². The van der Waals surface area contributed by atoms with Gasteiger partial charge in [0, 0.05) is 9.90 Å². The van der Waals surface area contributed by atoms with Crippen LogP contribution in [0.25, 0.3) is 0 Å². The van der Waals surface area contributed by atoms with Crippen LogP contribution in [0.5, 0.6) is 5.75 Å². The van der Waals surface area contributed by atoms with Crippen molar-refractivity contribution in [3.8, 4) is 5.75 Å². The van der Waals surface area contributed by atoms with Crippen LogP contribution < -0.4 is 4.74 Å². The van der Waals surface area contributed by atoms with E-state index in [1.54, 1.807) is 0 Å². The van der Waals surface area contributed by atoms with Crippen LogP contribution in [-0.2, 0) is 6.42 Å². The molecule has 2 rings (SSSR count). The van der Waals surface area contributed by atoms with Gasteiger partial charge in [-0.15, -0.1) is 11.3 Å². The van der Waals surface area contributed by atoms with Crippen molar-refractivity contribution in [2.24, 2.45) is 0 Å². The minimum Gasteiger partial charge on any atom is -0.485 e. The topological polar surface area (TPSA) is 26.3 Å². The zero-order valence-corrected chi connectivity index (χ0v) is 13.4. The van der Waals surface area contributed by atoms with Gasteiger partial charge < -0.3 is 4.74 Å². The molecule has 0 saturated carbocycles. The monoisotopic (exact) mass is 308 g/mol. The minimum absolute atomic E-state index is 0.0138. The Morgan fingerprint density at radius 2 is 1.90 bits per heavy atom. The predicted molar refractivity (Wildman–Crippen MR) is 84.4 cm³/mol. The average molecular weight is 309 g/mol. The highest BCUT2D eigenvalue weighted by Crippen LogP contribution is 2.26. The number of carbonyl (C=O) groups is 1. The number of hydrogen-bond acceptors (Lipinski definition) is 3. The van der Waals surface area contributed by atoms with E-state index >= 15 is 0 Å². The van der Waals surface area contributed by atoms with E-state index in [0.29, 0.717) is 5.75 Å². The first kappa shape index (κ1) is 15.1. The van der Waals surface area contributed by atoms with Crippen LogP contribution in [0.15, 0.2) is 24.3 Å². The molecule has 2 aromatic rings. The van der Waals surface area contributed by atoms with Crippen LogP contribution in [0.2, 0.25) is 5.02 Å². The molecule has 1 aromatic carbocycles. The molecule has 0 aliphatic heterocycles.